The number of carbonyl (C=O) groups is 1. The summed E-state index contributed by atoms with van der Waals surface area (Å²) >= 11 is 1.47. The molecular weight excluding hydrogens is 507 g/mol. The van der Waals surface area contributed by atoms with Gasteiger partial charge in [0.2, 0.25) is 5.95 Å². The fourth-order valence-corrected chi connectivity index (χ4v) is 5.89. The largest absolute Gasteiger partial charge is 0.390 e. The lowest BCUT2D eigenvalue weighted by Gasteiger charge is -2.24. The summed E-state index contributed by atoms with van der Waals surface area (Å²) in [5, 5.41) is 28.3. The number of nitrogens with zero attached hydrogens (tertiary/aromatic N) is 4. The number of aromatic nitrogens is 4. The standard InChI is InChI=1S/C27H29FN6O3S/c1-13-20(25-33-21-14(2)29-9-8-19(21)38-25)24(32-18-11-17(27(3,4)37)22(35)23(18)36)34-26(31-13)30-12-15-6-5-7-16(28)10-15/h5-10,17-18,23,36-37H,11-12H2,1-4H3,(H2,30,31,32,34)/t17-,18?,23-/m0/s1. The third-order valence-electron chi connectivity index (χ3n) is 6.81. The normalized spacial score (nSPS) is 19.8. The molecule has 1 aliphatic carbocycles. The molecule has 0 spiro atoms. The SMILES string of the molecule is Cc1nc(NCc2cccc(F)c2)nc(NC2C[C@H](C(C)(C)O)C(=O)[C@H]2O)c1-c1nc2c(C)nccc2s1. The van der Waals surface area contributed by atoms with Gasteiger partial charge >= 0.3 is 0 Å². The number of hydrogen-bond acceptors (Lipinski definition) is 10. The molecular formula is C27H29FN6O3S. The highest BCUT2D eigenvalue weighted by Crippen LogP contribution is 2.39. The Bertz CT molecular complexity index is 1520. The van der Waals surface area contributed by atoms with E-state index in [0.717, 1.165) is 21.5 Å². The van der Waals surface area contributed by atoms with Crippen LogP contribution in [0.15, 0.2) is 36.5 Å². The van der Waals surface area contributed by atoms with Crippen molar-refractivity contribution in [3.63, 3.8) is 0 Å². The lowest BCUT2D eigenvalue weighted by atomic mass is 9.89. The fourth-order valence-electron chi connectivity index (χ4n) is 4.78. The quantitative estimate of drug-likeness (QED) is 0.276. The second kappa shape index (κ2) is 9.97. The Morgan fingerprint density at radius 3 is 2.63 bits per heavy atom. The first-order valence-corrected chi connectivity index (χ1v) is 13.1. The Balaban J connectivity index is 1.53. The average molecular weight is 537 g/mol. The van der Waals surface area contributed by atoms with Crippen LogP contribution in [0.3, 0.4) is 0 Å². The zero-order valence-electron chi connectivity index (χ0n) is 21.5. The maximum atomic E-state index is 13.6. The number of nitrogens with one attached hydrogen (secondary N) is 2. The molecule has 3 atom stereocenters. The Morgan fingerprint density at radius 1 is 1.16 bits per heavy atom. The number of anilines is 2. The van der Waals surface area contributed by atoms with Crippen molar-refractivity contribution in [1.29, 1.82) is 0 Å². The van der Waals surface area contributed by atoms with Gasteiger partial charge in [-0.2, -0.15) is 4.98 Å². The first-order valence-electron chi connectivity index (χ1n) is 12.3. The second-order valence-corrected chi connectivity index (χ2v) is 11.2. The van der Waals surface area contributed by atoms with E-state index in [2.05, 4.69) is 25.6 Å². The van der Waals surface area contributed by atoms with Crippen LogP contribution in [0.1, 0.15) is 37.2 Å². The lowest BCUT2D eigenvalue weighted by Crippen LogP contribution is -2.36. The molecule has 3 heterocycles. The zero-order chi connectivity index (χ0) is 27.2. The van der Waals surface area contributed by atoms with Crippen molar-refractivity contribution in [3.8, 4) is 10.6 Å². The van der Waals surface area contributed by atoms with Gasteiger partial charge in [0.05, 0.1) is 39.2 Å². The fraction of sp³-hybridized carbons (Fsp3) is 0.370. The molecule has 1 saturated carbocycles. The summed E-state index contributed by atoms with van der Waals surface area (Å²) < 4.78 is 14.6. The monoisotopic (exact) mass is 536 g/mol. The van der Waals surface area contributed by atoms with Gasteiger partial charge in [-0.3, -0.25) is 9.78 Å². The minimum Gasteiger partial charge on any atom is -0.390 e. The molecule has 0 radical (unpaired) electrons. The third kappa shape index (κ3) is 5.09. The van der Waals surface area contributed by atoms with Gasteiger partial charge in [0.25, 0.3) is 0 Å². The van der Waals surface area contributed by atoms with Crippen molar-refractivity contribution in [1.82, 2.24) is 19.9 Å². The maximum Gasteiger partial charge on any atom is 0.225 e. The minimum absolute atomic E-state index is 0.237. The van der Waals surface area contributed by atoms with Gasteiger partial charge in [-0.15, -0.1) is 11.3 Å². The van der Waals surface area contributed by atoms with Crippen LogP contribution in [-0.2, 0) is 11.3 Å². The van der Waals surface area contributed by atoms with Crippen molar-refractivity contribution in [3.05, 3.63) is 59.3 Å². The van der Waals surface area contributed by atoms with Crippen molar-refractivity contribution in [2.45, 2.75) is 58.4 Å². The van der Waals surface area contributed by atoms with Crippen LogP contribution >= 0.6 is 11.3 Å². The molecule has 5 rings (SSSR count). The van der Waals surface area contributed by atoms with E-state index in [9.17, 15) is 19.4 Å². The van der Waals surface area contributed by atoms with E-state index in [0.29, 0.717) is 34.6 Å². The van der Waals surface area contributed by atoms with Gasteiger partial charge in [0, 0.05) is 12.7 Å². The molecule has 0 bridgehead atoms. The first-order chi connectivity index (χ1) is 18.0. The van der Waals surface area contributed by atoms with Crippen molar-refractivity contribution in [2.24, 2.45) is 5.92 Å². The average Bonchev–Trinajstić information content (AvgIpc) is 3.40. The number of fused-ring (bicyclic) bond motifs is 1. The molecule has 1 aliphatic rings. The molecule has 1 fully saturated rings. The number of rotatable bonds is 7. The van der Waals surface area contributed by atoms with Gasteiger partial charge in [-0.25, -0.2) is 14.4 Å². The van der Waals surface area contributed by atoms with Crippen molar-refractivity contribution in [2.75, 3.05) is 10.6 Å². The third-order valence-corrected chi connectivity index (χ3v) is 7.85. The van der Waals surface area contributed by atoms with Crippen LogP contribution < -0.4 is 10.6 Å². The van der Waals surface area contributed by atoms with E-state index < -0.39 is 29.4 Å². The highest BCUT2D eigenvalue weighted by Gasteiger charge is 2.47. The maximum absolute atomic E-state index is 13.6. The summed E-state index contributed by atoms with van der Waals surface area (Å²) in [6.07, 6.45) is 0.666. The highest BCUT2D eigenvalue weighted by molar-refractivity contribution is 7.21. The molecule has 1 unspecified atom stereocenters. The number of carbonyl (C=O) groups excluding carboxylic acids is 1. The van der Waals surface area contributed by atoms with E-state index in [-0.39, 0.29) is 12.2 Å². The minimum atomic E-state index is -1.31. The number of thiazole rings is 1. The Kier molecular flexibility index (Phi) is 6.84. The number of halogens is 1. The molecule has 38 heavy (non-hydrogen) atoms. The number of ketones is 1. The first kappa shape index (κ1) is 26.1. The van der Waals surface area contributed by atoms with Gasteiger partial charge in [-0.05, 0) is 57.9 Å². The van der Waals surface area contributed by atoms with Crippen LogP contribution in [-0.4, -0.2) is 53.7 Å². The van der Waals surface area contributed by atoms with Gasteiger partial charge < -0.3 is 20.8 Å². The highest BCUT2D eigenvalue weighted by atomic mass is 32.1. The molecule has 1 aromatic carbocycles. The lowest BCUT2D eigenvalue weighted by molar-refractivity contribution is -0.133. The summed E-state index contributed by atoms with van der Waals surface area (Å²) in [5.41, 5.74) is 2.32. The Morgan fingerprint density at radius 2 is 1.95 bits per heavy atom. The number of aliphatic hydroxyl groups is 2. The van der Waals surface area contributed by atoms with Gasteiger partial charge in [0.15, 0.2) is 5.78 Å². The zero-order valence-corrected chi connectivity index (χ0v) is 22.3. The van der Waals surface area contributed by atoms with Gasteiger partial charge in [0.1, 0.15) is 28.3 Å². The van der Waals surface area contributed by atoms with E-state index in [1.54, 1.807) is 32.2 Å². The van der Waals surface area contributed by atoms with Crippen molar-refractivity contribution >= 4 is 39.1 Å². The Hall–Kier alpha value is -3.54. The van der Waals surface area contributed by atoms with Crippen LogP contribution in [0, 0.1) is 25.6 Å². The summed E-state index contributed by atoms with van der Waals surface area (Å²) in [5.74, 6) is -0.760. The van der Waals surface area contributed by atoms with Crippen LogP contribution in [0.25, 0.3) is 20.8 Å². The molecule has 0 saturated heterocycles. The predicted octanol–water partition coefficient (Wildman–Crippen LogP) is 4.02. The van der Waals surface area contributed by atoms with E-state index in [4.69, 9.17) is 4.98 Å². The molecule has 9 nitrogen and oxygen atoms in total. The Labute approximate surface area is 223 Å². The summed E-state index contributed by atoms with van der Waals surface area (Å²) in [4.78, 5) is 31.2. The topological polar surface area (TPSA) is 133 Å². The summed E-state index contributed by atoms with van der Waals surface area (Å²) in [7, 11) is 0. The van der Waals surface area contributed by atoms with Crippen molar-refractivity contribution < 1.29 is 19.4 Å². The number of aryl methyl sites for hydroxylation is 2. The smallest absolute Gasteiger partial charge is 0.225 e. The number of benzene rings is 1. The molecule has 0 amide bonds. The number of aliphatic hydroxyl groups excluding tert-OH is 1. The van der Waals surface area contributed by atoms with Gasteiger partial charge in [-0.1, -0.05) is 12.1 Å². The molecule has 0 aliphatic heterocycles. The molecule has 11 heteroatoms. The van der Waals surface area contributed by atoms with Crippen LogP contribution in [0.5, 0.6) is 0 Å². The van der Waals surface area contributed by atoms with Crippen LogP contribution in [0.2, 0.25) is 0 Å². The number of pyridine rings is 1. The van der Waals surface area contributed by atoms with E-state index in [1.165, 1.54) is 23.5 Å². The second-order valence-electron chi connectivity index (χ2n) is 10.1. The molecule has 4 N–H and O–H groups in total. The van der Waals surface area contributed by atoms with Crippen LogP contribution in [0.4, 0.5) is 16.2 Å². The van der Waals surface area contributed by atoms with E-state index in [1.807, 2.05) is 19.9 Å². The number of hydrogen-bond donors (Lipinski definition) is 4. The molecule has 4 aromatic rings. The summed E-state index contributed by atoms with van der Waals surface area (Å²) in [6, 6.07) is 7.48. The predicted molar refractivity (Wildman–Crippen MR) is 144 cm³/mol. The molecule has 198 valence electrons. The molecule has 3 aromatic heterocycles. The number of Topliss-reactive ketones (excluding diaryl/α,β-unsaturated/α-hetero) is 1. The van der Waals surface area contributed by atoms with E-state index >= 15 is 0 Å². The summed E-state index contributed by atoms with van der Waals surface area (Å²) in [6.45, 7) is 7.16.